The molecule has 0 amide bonds. The van der Waals surface area contributed by atoms with Gasteiger partial charge in [0.15, 0.2) is 0 Å². The molecule has 0 radical (unpaired) electrons. The molecular weight excluding hydrogens is 126 g/mol. The second-order valence-electron chi connectivity index (χ2n) is 3.92. The van der Waals surface area contributed by atoms with Crippen molar-refractivity contribution in [3.8, 4) is 0 Å². The van der Waals surface area contributed by atoms with Gasteiger partial charge in [0.25, 0.3) is 0 Å². The van der Waals surface area contributed by atoms with Crippen LogP contribution in [-0.2, 0) is 0 Å². The minimum atomic E-state index is 0. The van der Waals surface area contributed by atoms with E-state index in [4.69, 9.17) is 0 Å². The summed E-state index contributed by atoms with van der Waals surface area (Å²) in [6.07, 6.45) is 7.47. The van der Waals surface area contributed by atoms with Crippen molar-refractivity contribution in [2.24, 2.45) is 0 Å². The summed E-state index contributed by atoms with van der Waals surface area (Å²) >= 11 is 0. The second-order valence-corrected chi connectivity index (χ2v) is 3.92. The van der Waals surface area contributed by atoms with Gasteiger partial charge in [0.05, 0.1) is 6.71 Å². The van der Waals surface area contributed by atoms with Gasteiger partial charge < -0.3 is 5.98 Å². The van der Waals surface area contributed by atoms with Crippen molar-refractivity contribution in [3.05, 3.63) is 24.2 Å². The molecule has 0 saturated carbocycles. The molecule has 0 unspecified atom stereocenters. The first-order valence-corrected chi connectivity index (χ1v) is 3.85. The Kier molecular flexibility index (Phi) is 4.29. The van der Waals surface area contributed by atoms with E-state index in [0.29, 0.717) is 12.0 Å². The smallest absolute Gasteiger partial charge is 0.302 e. The molecule has 0 saturated heterocycles. The minimum Gasteiger partial charge on any atom is -0.302 e. The largest absolute Gasteiger partial charge is 1.00 e. The average Bonchev–Trinajstić information content (AvgIpc) is 1.88. The molecule has 11 heavy (non-hydrogen) atoms. The molecule has 2 heteroatoms. The third-order valence-corrected chi connectivity index (χ3v) is 1.95. The summed E-state index contributed by atoms with van der Waals surface area (Å²) in [6, 6.07) is 0. The topological polar surface area (TPSA) is 0 Å². The number of hydrogen-bond acceptors (Lipinski definition) is 0. The number of rotatable bonds is 0. The van der Waals surface area contributed by atoms with Gasteiger partial charge in [0.2, 0.25) is 0 Å². The average molecular weight is 140 g/mol. The van der Waals surface area contributed by atoms with Crippen molar-refractivity contribution in [1.29, 1.82) is 0 Å². The zero-order chi connectivity index (χ0) is 7.61. The van der Waals surface area contributed by atoms with E-state index in [9.17, 15) is 0 Å². The van der Waals surface area contributed by atoms with E-state index in [-0.39, 0.29) is 18.9 Å². The van der Waals surface area contributed by atoms with Crippen molar-refractivity contribution in [2.45, 2.75) is 32.4 Å². The molecule has 54 valence electrons. The second kappa shape index (κ2) is 4.24. The van der Waals surface area contributed by atoms with E-state index in [1.807, 2.05) is 6.08 Å². The summed E-state index contributed by atoms with van der Waals surface area (Å²) in [5.41, 5.74) is 0. The maximum Gasteiger partial charge on any atom is 1.00 e. The molecule has 0 nitrogen and oxygen atoms in total. The van der Waals surface area contributed by atoms with E-state index >= 15 is 0 Å². The van der Waals surface area contributed by atoms with Gasteiger partial charge in [-0.2, -0.15) is 6.08 Å². The molecule has 1 heterocycles. The third kappa shape index (κ3) is 3.36. The molecule has 1 rings (SSSR count). The van der Waals surface area contributed by atoms with Gasteiger partial charge >= 0.3 is 18.9 Å². The van der Waals surface area contributed by atoms with Crippen molar-refractivity contribution in [3.63, 3.8) is 0 Å². The number of allylic oxidation sites excluding steroid dienone is 3. The zero-order valence-electron chi connectivity index (χ0n) is 8.02. The van der Waals surface area contributed by atoms with Crippen LogP contribution in [0.4, 0.5) is 0 Å². The van der Waals surface area contributed by atoms with Crippen molar-refractivity contribution < 1.29 is 18.9 Å². The van der Waals surface area contributed by atoms with Crippen LogP contribution in [0.25, 0.3) is 0 Å². The van der Waals surface area contributed by atoms with Gasteiger partial charge in [-0.3, -0.25) is 0 Å². The van der Waals surface area contributed by atoms with Crippen LogP contribution in [-0.4, -0.2) is 6.71 Å². The summed E-state index contributed by atoms with van der Waals surface area (Å²) < 4.78 is 0. The molecule has 0 N–H and O–H groups in total. The molecule has 0 aromatic heterocycles. The Bertz CT molecular complexity index is 165. The Hall–Kier alpha value is 0.142. The molecular formula is C9H14BLi. The van der Waals surface area contributed by atoms with Gasteiger partial charge in [0.1, 0.15) is 0 Å². The fourth-order valence-corrected chi connectivity index (χ4v) is 1.13. The van der Waals surface area contributed by atoms with E-state index in [1.54, 1.807) is 0 Å². The van der Waals surface area contributed by atoms with Crippen molar-refractivity contribution >= 4 is 6.71 Å². The summed E-state index contributed by atoms with van der Waals surface area (Å²) in [6.45, 7) is 7.39. The van der Waals surface area contributed by atoms with E-state index < -0.39 is 0 Å². The van der Waals surface area contributed by atoms with Crippen LogP contribution >= 0.6 is 0 Å². The van der Waals surface area contributed by atoms with Gasteiger partial charge in [-0.15, -0.1) is 0 Å². The molecule has 0 atom stereocenters. The molecule has 0 aliphatic carbocycles. The maximum atomic E-state index is 3.35. The summed E-state index contributed by atoms with van der Waals surface area (Å²) in [7, 11) is 0. The predicted octanol–water partition coefficient (Wildman–Crippen LogP) is -0.246. The Morgan fingerprint density at radius 3 is 2.27 bits per heavy atom. The van der Waals surface area contributed by atoms with Crippen LogP contribution in [0, 0.1) is 5.98 Å². The zero-order valence-corrected chi connectivity index (χ0v) is 8.02. The first-order chi connectivity index (χ1) is 4.61. The van der Waals surface area contributed by atoms with Crippen molar-refractivity contribution in [2.75, 3.05) is 0 Å². The molecule has 0 spiro atoms. The molecule has 0 aromatic carbocycles. The molecule has 1 aliphatic rings. The van der Waals surface area contributed by atoms with Crippen LogP contribution in [0.2, 0.25) is 11.6 Å². The summed E-state index contributed by atoms with van der Waals surface area (Å²) in [5, 5.41) is 0.376. The standard InChI is InChI=1S/C9H14B.Li/c1-9(2,3)10-7-5-4-6-8-10;/h4-6H,7H2,1-3H3;/q-1;+1. The molecule has 0 bridgehead atoms. The Balaban J connectivity index is 0.000001000. The Morgan fingerprint density at radius 2 is 2.00 bits per heavy atom. The van der Waals surface area contributed by atoms with Gasteiger partial charge in [-0.1, -0.05) is 32.4 Å². The normalized spacial score (nSPS) is 16.5. The van der Waals surface area contributed by atoms with Gasteiger partial charge in [-0.05, 0) is 0 Å². The Labute approximate surface area is 82.4 Å². The first-order valence-electron chi connectivity index (χ1n) is 3.85. The summed E-state index contributed by atoms with van der Waals surface area (Å²) in [4.78, 5) is 0. The van der Waals surface area contributed by atoms with Crippen LogP contribution in [0.3, 0.4) is 0 Å². The fourth-order valence-electron chi connectivity index (χ4n) is 1.13. The van der Waals surface area contributed by atoms with Crippen LogP contribution in [0.15, 0.2) is 18.2 Å². The van der Waals surface area contributed by atoms with Gasteiger partial charge in [-0.25, -0.2) is 12.2 Å². The van der Waals surface area contributed by atoms with Crippen LogP contribution < -0.4 is 18.9 Å². The SMILES string of the molecule is CC(C)(C)B1[C-]=CC=CC1.[Li+]. The van der Waals surface area contributed by atoms with Gasteiger partial charge in [0, 0.05) is 0 Å². The maximum absolute atomic E-state index is 3.35. The Morgan fingerprint density at radius 1 is 1.36 bits per heavy atom. The van der Waals surface area contributed by atoms with E-state index in [0.717, 1.165) is 6.32 Å². The molecule has 1 aliphatic heterocycles. The molecule has 0 fully saturated rings. The minimum absolute atomic E-state index is 0. The summed E-state index contributed by atoms with van der Waals surface area (Å²) in [5.74, 6) is 3.35. The monoisotopic (exact) mass is 140 g/mol. The first kappa shape index (κ1) is 11.1. The fraction of sp³-hybridized carbons (Fsp3) is 0.556. The van der Waals surface area contributed by atoms with Crippen LogP contribution in [0.1, 0.15) is 20.8 Å². The number of hydrogen-bond donors (Lipinski definition) is 0. The van der Waals surface area contributed by atoms with Crippen LogP contribution in [0.5, 0.6) is 0 Å². The predicted molar refractivity (Wildman–Crippen MR) is 47.2 cm³/mol. The van der Waals surface area contributed by atoms with E-state index in [1.165, 1.54) is 0 Å². The van der Waals surface area contributed by atoms with E-state index in [2.05, 4.69) is 38.9 Å². The third-order valence-electron chi connectivity index (χ3n) is 1.95. The quantitative estimate of drug-likeness (QED) is 0.321. The molecule has 0 aromatic rings. The van der Waals surface area contributed by atoms with Crippen molar-refractivity contribution in [1.82, 2.24) is 0 Å².